The molecule has 0 aromatic heterocycles. The van der Waals surface area contributed by atoms with Crippen molar-refractivity contribution in [2.24, 2.45) is 0 Å². The van der Waals surface area contributed by atoms with Gasteiger partial charge in [0, 0.05) is 18.3 Å². The molecule has 0 aliphatic rings. The van der Waals surface area contributed by atoms with Crippen LogP contribution in [0.5, 0.6) is 0 Å². The number of nitrogen functional groups attached to an aromatic ring is 1. The number of nitrogens with zero attached hydrogens (tertiary/aromatic N) is 1. The van der Waals surface area contributed by atoms with Gasteiger partial charge in [0.2, 0.25) is 0 Å². The van der Waals surface area contributed by atoms with Crippen LogP contribution in [0.25, 0.3) is 0 Å². The topological polar surface area (TPSA) is 41.3 Å². The fraction of sp³-hybridized carbons (Fsp3) is 0.455. The van der Waals surface area contributed by atoms with Gasteiger partial charge in [-0.1, -0.05) is 0 Å². The van der Waals surface area contributed by atoms with Gasteiger partial charge in [0.1, 0.15) is 5.82 Å². The standard InChI is InChI=1S/C11H18FN3/c1-8(15(2)3)7-14-11-5-4-9(13)6-10(11)12/h4-6,8,14H,7,13H2,1-3H3. The van der Waals surface area contributed by atoms with Gasteiger partial charge in [0.25, 0.3) is 0 Å². The highest BCUT2D eigenvalue weighted by Crippen LogP contribution is 2.16. The highest BCUT2D eigenvalue weighted by molar-refractivity contribution is 5.52. The van der Waals surface area contributed by atoms with E-state index in [0.29, 0.717) is 24.0 Å². The highest BCUT2D eigenvalue weighted by Gasteiger charge is 2.06. The van der Waals surface area contributed by atoms with Gasteiger partial charge in [-0.15, -0.1) is 0 Å². The molecule has 0 fully saturated rings. The van der Waals surface area contributed by atoms with Crippen LogP contribution in [0.15, 0.2) is 18.2 Å². The SMILES string of the molecule is CC(CNc1ccc(N)cc1F)N(C)C. The smallest absolute Gasteiger partial charge is 0.148 e. The van der Waals surface area contributed by atoms with E-state index in [9.17, 15) is 4.39 Å². The van der Waals surface area contributed by atoms with Crippen molar-refractivity contribution in [3.63, 3.8) is 0 Å². The fourth-order valence-electron chi connectivity index (χ4n) is 1.11. The summed E-state index contributed by atoms with van der Waals surface area (Å²) in [6, 6.07) is 5.02. The Morgan fingerprint density at radius 2 is 2.13 bits per heavy atom. The van der Waals surface area contributed by atoms with E-state index < -0.39 is 0 Å². The van der Waals surface area contributed by atoms with Gasteiger partial charge in [-0.2, -0.15) is 0 Å². The molecule has 1 atom stereocenters. The van der Waals surface area contributed by atoms with Gasteiger partial charge in [-0.25, -0.2) is 4.39 Å². The molecule has 3 N–H and O–H groups in total. The van der Waals surface area contributed by atoms with Crippen LogP contribution >= 0.6 is 0 Å². The number of rotatable bonds is 4. The van der Waals surface area contributed by atoms with Crippen molar-refractivity contribution in [1.82, 2.24) is 4.90 Å². The molecule has 0 bridgehead atoms. The molecular weight excluding hydrogens is 193 g/mol. The second-order valence-electron chi connectivity index (χ2n) is 3.93. The predicted octanol–water partition coefficient (Wildman–Crippen LogP) is 1.77. The molecule has 0 aliphatic carbocycles. The first-order chi connectivity index (χ1) is 7.00. The number of halogens is 1. The Morgan fingerprint density at radius 1 is 1.47 bits per heavy atom. The average molecular weight is 211 g/mol. The summed E-state index contributed by atoms with van der Waals surface area (Å²) in [4.78, 5) is 2.07. The van der Waals surface area contributed by atoms with Gasteiger partial charge >= 0.3 is 0 Å². The summed E-state index contributed by atoms with van der Waals surface area (Å²) in [6.07, 6.45) is 0. The van der Waals surface area contributed by atoms with Crippen molar-refractivity contribution in [2.45, 2.75) is 13.0 Å². The Labute approximate surface area is 90.1 Å². The Balaban J connectivity index is 2.58. The Hall–Kier alpha value is -1.29. The predicted molar refractivity (Wildman–Crippen MR) is 62.5 cm³/mol. The third-order valence-electron chi connectivity index (χ3n) is 2.46. The fourth-order valence-corrected chi connectivity index (χ4v) is 1.11. The van der Waals surface area contributed by atoms with Gasteiger partial charge in [-0.3, -0.25) is 0 Å². The largest absolute Gasteiger partial charge is 0.399 e. The lowest BCUT2D eigenvalue weighted by molar-refractivity contribution is 0.326. The molecule has 0 radical (unpaired) electrons. The molecule has 3 nitrogen and oxygen atoms in total. The molecular formula is C11H18FN3. The van der Waals surface area contributed by atoms with Gasteiger partial charge in [-0.05, 0) is 39.2 Å². The Bertz CT molecular complexity index is 326. The van der Waals surface area contributed by atoms with E-state index in [1.165, 1.54) is 6.07 Å². The van der Waals surface area contributed by atoms with Crippen LogP contribution in [-0.4, -0.2) is 31.6 Å². The molecule has 1 unspecified atom stereocenters. The van der Waals surface area contributed by atoms with E-state index in [0.717, 1.165) is 0 Å². The van der Waals surface area contributed by atoms with Crippen LogP contribution in [0.3, 0.4) is 0 Å². The van der Waals surface area contributed by atoms with Crippen molar-refractivity contribution in [2.75, 3.05) is 31.7 Å². The molecule has 1 aromatic carbocycles. The van der Waals surface area contributed by atoms with Gasteiger partial charge in [0.15, 0.2) is 0 Å². The number of hydrogen-bond donors (Lipinski definition) is 2. The van der Waals surface area contributed by atoms with Crippen LogP contribution in [0.2, 0.25) is 0 Å². The normalized spacial score (nSPS) is 12.9. The van der Waals surface area contributed by atoms with Crippen molar-refractivity contribution in [3.05, 3.63) is 24.0 Å². The van der Waals surface area contributed by atoms with Crippen molar-refractivity contribution in [1.29, 1.82) is 0 Å². The molecule has 1 aromatic rings. The minimum absolute atomic E-state index is 0.305. The van der Waals surface area contributed by atoms with E-state index in [-0.39, 0.29) is 5.82 Å². The maximum atomic E-state index is 13.3. The summed E-state index contributed by atoms with van der Waals surface area (Å²) in [7, 11) is 3.98. The van der Waals surface area contributed by atoms with E-state index in [1.807, 2.05) is 14.1 Å². The van der Waals surface area contributed by atoms with Crippen LogP contribution in [0.1, 0.15) is 6.92 Å². The summed E-state index contributed by atoms with van der Waals surface area (Å²) in [6.45, 7) is 2.77. The minimum atomic E-state index is -0.305. The Kier molecular flexibility index (Phi) is 3.91. The third kappa shape index (κ3) is 3.40. The van der Waals surface area contributed by atoms with Gasteiger partial charge in [0.05, 0.1) is 5.69 Å². The molecule has 0 saturated carbocycles. The zero-order chi connectivity index (χ0) is 11.4. The minimum Gasteiger partial charge on any atom is -0.399 e. The number of anilines is 2. The number of benzene rings is 1. The highest BCUT2D eigenvalue weighted by atomic mass is 19.1. The summed E-state index contributed by atoms with van der Waals surface area (Å²) in [5.74, 6) is -0.305. The lowest BCUT2D eigenvalue weighted by Gasteiger charge is -2.20. The molecule has 0 saturated heterocycles. The molecule has 84 valence electrons. The van der Waals surface area contributed by atoms with E-state index >= 15 is 0 Å². The lowest BCUT2D eigenvalue weighted by atomic mass is 10.2. The van der Waals surface area contributed by atoms with Crippen LogP contribution in [0.4, 0.5) is 15.8 Å². The third-order valence-corrected chi connectivity index (χ3v) is 2.46. The van der Waals surface area contributed by atoms with Crippen LogP contribution in [0, 0.1) is 5.82 Å². The lowest BCUT2D eigenvalue weighted by Crippen LogP contribution is -2.31. The maximum Gasteiger partial charge on any atom is 0.148 e. The zero-order valence-corrected chi connectivity index (χ0v) is 9.42. The molecule has 4 heteroatoms. The van der Waals surface area contributed by atoms with Crippen molar-refractivity contribution < 1.29 is 4.39 Å². The monoisotopic (exact) mass is 211 g/mol. The first-order valence-electron chi connectivity index (χ1n) is 4.96. The summed E-state index contributed by atoms with van der Waals surface area (Å²) in [5.41, 5.74) is 6.40. The van der Waals surface area contributed by atoms with Gasteiger partial charge < -0.3 is 16.0 Å². The maximum absolute atomic E-state index is 13.3. The molecule has 0 spiro atoms. The number of likely N-dealkylation sites (N-methyl/N-ethyl adjacent to an activating group) is 1. The number of nitrogens with two attached hydrogens (primary N) is 1. The molecule has 0 aliphatic heterocycles. The van der Waals surface area contributed by atoms with Crippen LogP contribution in [-0.2, 0) is 0 Å². The first kappa shape index (κ1) is 11.8. The second-order valence-corrected chi connectivity index (χ2v) is 3.93. The van der Waals surface area contributed by atoms with Crippen LogP contribution < -0.4 is 11.1 Å². The van der Waals surface area contributed by atoms with Crippen molar-refractivity contribution >= 4 is 11.4 Å². The molecule has 0 amide bonds. The van der Waals surface area contributed by atoms with Crippen molar-refractivity contribution in [3.8, 4) is 0 Å². The van der Waals surface area contributed by atoms with E-state index in [1.54, 1.807) is 12.1 Å². The summed E-state index contributed by atoms with van der Waals surface area (Å²) >= 11 is 0. The first-order valence-corrected chi connectivity index (χ1v) is 4.96. The summed E-state index contributed by atoms with van der Waals surface area (Å²) < 4.78 is 13.3. The molecule has 15 heavy (non-hydrogen) atoms. The molecule has 1 rings (SSSR count). The quantitative estimate of drug-likeness (QED) is 0.746. The summed E-state index contributed by atoms with van der Waals surface area (Å²) in [5, 5.41) is 3.05. The van der Waals surface area contributed by atoms with E-state index in [4.69, 9.17) is 5.73 Å². The zero-order valence-electron chi connectivity index (χ0n) is 9.42. The number of hydrogen-bond acceptors (Lipinski definition) is 3. The molecule has 0 heterocycles. The second kappa shape index (κ2) is 4.98. The number of nitrogens with one attached hydrogen (secondary N) is 1. The van der Waals surface area contributed by atoms with E-state index in [2.05, 4.69) is 17.1 Å². The Morgan fingerprint density at radius 3 is 2.67 bits per heavy atom. The average Bonchev–Trinajstić information content (AvgIpc) is 2.15.